The third-order valence-corrected chi connectivity index (χ3v) is 4.51. The Morgan fingerprint density at radius 3 is 2.62 bits per heavy atom. The van der Waals surface area contributed by atoms with Crippen LogP contribution in [0.1, 0.15) is 11.6 Å². The maximum Gasteiger partial charge on any atom is 0.0750 e. The molecular formula is C17H17N3S. The summed E-state index contributed by atoms with van der Waals surface area (Å²) in [6.45, 7) is 0. The van der Waals surface area contributed by atoms with Crippen LogP contribution >= 0.6 is 11.8 Å². The first kappa shape index (κ1) is 14.1. The molecule has 3 N–H and O–H groups in total. The minimum Gasteiger partial charge on any atom is -0.271 e. The number of para-hydroxylation sites is 1. The second-order valence-corrected chi connectivity index (χ2v) is 5.86. The molecule has 1 heterocycles. The standard InChI is InChI=1S/C17H17N3S/c18-20-16(12-21-14-8-2-1-3-9-14)15-10-4-6-13-7-5-11-19-17(13)15/h1-11,16,20H,12,18H2. The van der Waals surface area contributed by atoms with E-state index in [-0.39, 0.29) is 6.04 Å². The van der Waals surface area contributed by atoms with Crippen molar-refractivity contribution in [1.29, 1.82) is 0 Å². The van der Waals surface area contributed by atoms with Crippen LogP contribution in [0.25, 0.3) is 10.9 Å². The Bertz CT molecular complexity index is 710. The third kappa shape index (κ3) is 3.24. The maximum absolute atomic E-state index is 5.77. The van der Waals surface area contributed by atoms with Crippen molar-refractivity contribution in [2.24, 2.45) is 5.84 Å². The fraction of sp³-hybridized carbons (Fsp3) is 0.118. The zero-order chi connectivity index (χ0) is 14.5. The Labute approximate surface area is 128 Å². The molecule has 0 aliphatic heterocycles. The first-order valence-corrected chi connectivity index (χ1v) is 7.84. The van der Waals surface area contributed by atoms with Crippen LogP contribution in [0.3, 0.4) is 0 Å². The molecule has 4 heteroatoms. The van der Waals surface area contributed by atoms with Gasteiger partial charge in [0, 0.05) is 22.2 Å². The van der Waals surface area contributed by atoms with Gasteiger partial charge in [0.2, 0.25) is 0 Å². The lowest BCUT2D eigenvalue weighted by Crippen LogP contribution is -2.30. The van der Waals surface area contributed by atoms with Gasteiger partial charge < -0.3 is 0 Å². The fourth-order valence-electron chi connectivity index (χ4n) is 2.33. The number of fused-ring (bicyclic) bond motifs is 1. The van der Waals surface area contributed by atoms with Gasteiger partial charge in [-0.05, 0) is 23.8 Å². The first-order valence-electron chi connectivity index (χ1n) is 6.86. The van der Waals surface area contributed by atoms with E-state index in [0.29, 0.717) is 0 Å². The summed E-state index contributed by atoms with van der Waals surface area (Å²) >= 11 is 1.79. The van der Waals surface area contributed by atoms with Crippen molar-refractivity contribution in [3.05, 3.63) is 72.4 Å². The molecule has 21 heavy (non-hydrogen) atoms. The summed E-state index contributed by atoms with van der Waals surface area (Å²) in [5.74, 6) is 6.63. The summed E-state index contributed by atoms with van der Waals surface area (Å²) in [5.41, 5.74) is 5.07. The minimum atomic E-state index is 0.0637. The summed E-state index contributed by atoms with van der Waals surface area (Å²) in [4.78, 5) is 5.74. The van der Waals surface area contributed by atoms with E-state index in [2.05, 4.69) is 46.8 Å². The summed E-state index contributed by atoms with van der Waals surface area (Å²) in [6.07, 6.45) is 1.82. The van der Waals surface area contributed by atoms with E-state index in [1.54, 1.807) is 11.8 Å². The number of thioether (sulfide) groups is 1. The molecule has 0 bridgehead atoms. The number of hydrazine groups is 1. The third-order valence-electron chi connectivity index (χ3n) is 3.40. The molecule has 0 spiro atoms. The molecule has 1 aromatic heterocycles. The van der Waals surface area contributed by atoms with Gasteiger partial charge in [0.15, 0.2) is 0 Å². The molecule has 1 atom stereocenters. The van der Waals surface area contributed by atoms with Crippen LogP contribution in [0.5, 0.6) is 0 Å². The van der Waals surface area contributed by atoms with Gasteiger partial charge in [0.25, 0.3) is 0 Å². The Kier molecular flexibility index (Phi) is 4.50. The smallest absolute Gasteiger partial charge is 0.0750 e. The Balaban J connectivity index is 1.85. The van der Waals surface area contributed by atoms with E-state index in [1.165, 1.54) is 4.90 Å². The van der Waals surface area contributed by atoms with Gasteiger partial charge in [-0.2, -0.15) is 0 Å². The van der Waals surface area contributed by atoms with Crippen LogP contribution in [-0.2, 0) is 0 Å². The minimum absolute atomic E-state index is 0.0637. The van der Waals surface area contributed by atoms with E-state index in [1.807, 2.05) is 30.5 Å². The highest BCUT2D eigenvalue weighted by molar-refractivity contribution is 7.99. The zero-order valence-corrected chi connectivity index (χ0v) is 12.4. The maximum atomic E-state index is 5.77. The molecule has 2 aromatic carbocycles. The number of hydrogen-bond acceptors (Lipinski definition) is 4. The van der Waals surface area contributed by atoms with E-state index in [9.17, 15) is 0 Å². The molecule has 0 fully saturated rings. The molecule has 0 amide bonds. The highest BCUT2D eigenvalue weighted by Gasteiger charge is 2.14. The molecule has 3 nitrogen and oxygen atoms in total. The highest BCUT2D eigenvalue weighted by Crippen LogP contribution is 2.27. The number of rotatable bonds is 5. The van der Waals surface area contributed by atoms with Crippen molar-refractivity contribution in [2.45, 2.75) is 10.9 Å². The molecule has 106 valence electrons. The van der Waals surface area contributed by atoms with Crippen LogP contribution in [0.2, 0.25) is 0 Å². The summed E-state index contributed by atoms with van der Waals surface area (Å²) in [6, 6.07) is 20.6. The predicted molar refractivity (Wildman–Crippen MR) is 89.0 cm³/mol. The number of nitrogens with two attached hydrogens (primary N) is 1. The highest BCUT2D eigenvalue weighted by atomic mass is 32.2. The van der Waals surface area contributed by atoms with Gasteiger partial charge in [-0.15, -0.1) is 11.8 Å². The topological polar surface area (TPSA) is 50.9 Å². The van der Waals surface area contributed by atoms with Crippen LogP contribution in [0.4, 0.5) is 0 Å². The van der Waals surface area contributed by atoms with Crippen molar-refractivity contribution in [2.75, 3.05) is 5.75 Å². The second kappa shape index (κ2) is 6.72. The molecule has 3 rings (SSSR count). The number of hydrogen-bond donors (Lipinski definition) is 2. The largest absolute Gasteiger partial charge is 0.271 e. The van der Waals surface area contributed by atoms with Crippen molar-refractivity contribution < 1.29 is 0 Å². The van der Waals surface area contributed by atoms with Crippen LogP contribution in [0.15, 0.2) is 71.8 Å². The molecule has 0 saturated heterocycles. The van der Waals surface area contributed by atoms with E-state index in [4.69, 9.17) is 5.84 Å². The van der Waals surface area contributed by atoms with Gasteiger partial charge in [0.05, 0.1) is 11.6 Å². The zero-order valence-electron chi connectivity index (χ0n) is 11.6. The van der Waals surface area contributed by atoms with Gasteiger partial charge >= 0.3 is 0 Å². The molecule has 0 saturated carbocycles. The molecule has 0 radical (unpaired) electrons. The molecular weight excluding hydrogens is 278 g/mol. The molecule has 3 aromatic rings. The fourth-order valence-corrected chi connectivity index (χ4v) is 3.32. The van der Waals surface area contributed by atoms with Crippen LogP contribution < -0.4 is 11.3 Å². The Morgan fingerprint density at radius 1 is 1.00 bits per heavy atom. The lowest BCUT2D eigenvalue weighted by atomic mass is 10.0. The quantitative estimate of drug-likeness (QED) is 0.429. The van der Waals surface area contributed by atoms with Crippen molar-refractivity contribution in [1.82, 2.24) is 10.4 Å². The number of aromatic nitrogens is 1. The van der Waals surface area contributed by atoms with Crippen molar-refractivity contribution in [3.63, 3.8) is 0 Å². The lowest BCUT2D eigenvalue weighted by Gasteiger charge is -2.17. The average Bonchev–Trinajstić information content (AvgIpc) is 2.56. The van der Waals surface area contributed by atoms with Crippen LogP contribution in [0, 0.1) is 0 Å². The first-order chi connectivity index (χ1) is 10.4. The SMILES string of the molecule is NNC(CSc1ccccc1)c1cccc2cccnc12. The van der Waals surface area contributed by atoms with Gasteiger partial charge in [-0.3, -0.25) is 16.3 Å². The number of benzene rings is 2. The van der Waals surface area contributed by atoms with Crippen LogP contribution in [-0.4, -0.2) is 10.7 Å². The predicted octanol–water partition coefficient (Wildman–Crippen LogP) is 3.53. The number of nitrogens with one attached hydrogen (secondary N) is 1. The van der Waals surface area contributed by atoms with Crippen molar-refractivity contribution >= 4 is 22.7 Å². The van der Waals surface area contributed by atoms with Gasteiger partial charge in [0.1, 0.15) is 0 Å². The van der Waals surface area contributed by atoms with E-state index in [0.717, 1.165) is 22.2 Å². The summed E-state index contributed by atoms with van der Waals surface area (Å²) < 4.78 is 0. The normalized spacial score (nSPS) is 12.4. The molecule has 0 aliphatic rings. The monoisotopic (exact) mass is 295 g/mol. The average molecular weight is 295 g/mol. The summed E-state index contributed by atoms with van der Waals surface area (Å²) in [7, 11) is 0. The Hall–Kier alpha value is -1.88. The molecule has 1 unspecified atom stereocenters. The summed E-state index contributed by atoms with van der Waals surface area (Å²) in [5, 5.41) is 1.14. The van der Waals surface area contributed by atoms with Gasteiger partial charge in [-0.1, -0.05) is 42.5 Å². The lowest BCUT2D eigenvalue weighted by molar-refractivity contribution is 0.614. The number of pyridine rings is 1. The number of nitrogens with zero attached hydrogens (tertiary/aromatic N) is 1. The van der Waals surface area contributed by atoms with E-state index >= 15 is 0 Å². The second-order valence-electron chi connectivity index (χ2n) is 4.77. The van der Waals surface area contributed by atoms with Crippen molar-refractivity contribution in [3.8, 4) is 0 Å². The molecule has 0 aliphatic carbocycles. The Morgan fingerprint density at radius 2 is 1.81 bits per heavy atom. The van der Waals surface area contributed by atoms with E-state index < -0.39 is 0 Å². The van der Waals surface area contributed by atoms with Gasteiger partial charge in [-0.25, -0.2) is 0 Å².